The Balaban J connectivity index is 1.92. The molecule has 0 radical (unpaired) electrons. The Labute approximate surface area is 110 Å². The van der Waals surface area contributed by atoms with Gasteiger partial charge in [0, 0.05) is 31.2 Å². The predicted molar refractivity (Wildman–Crippen MR) is 70.0 cm³/mol. The Morgan fingerprint density at radius 1 is 1.37 bits per heavy atom. The van der Waals surface area contributed by atoms with Crippen LogP contribution in [-0.4, -0.2) is 35.4 Å². The van der Waals surface area contributed by atoms with Crippen LogP contribution in [0.5, 0.6) is 0 Å². The molecule has 5 heteroatoms. The summed E-state index contributed by atoms with van der Waals surface area (Å²) in [7, 11) is 0. The Kier molecular flexibility index (Phi) is 3.13. The minimum absolute atomic E-state index is 0.0330. The molecule has 1 aliphatic rings. The highest BCUT2D eigenvalue weighted by Crippen LogP contribution is 2.21. The molecule has 98 valence electrons. The van der Waals surface area contributed by atoms with E-state index in [1.54, 1.807) is 24.4 Å². The average molecular weight is 259 g/mol. The molecule has 1 aromatic carbocycles. The van der Waals surface area contributed by atoms with Crippen LogP contribution in [0, 0.1) is 5.82 Å². The van der Waals surface area contributed by atoms with Crippen molar-refractivity contribution in [3.63, 3.8) is 0 Å². The minimum atomic E-state index is -0.261. The molecule has 0 aliphatic carbocycles. The number of carbonyl (C=O) groups excluding carboxylic acids is 1. The topological polar surface area (TPSA) is 45.2 Å². The lowest BCUT2D eigenvalue weighted by Crippen LogP contribution is -2.47. The Morgan fingerprint density at radius 3 is 3.11 bits per heavy atom. The third kappa shape index (κ3) is 2.42. The van der Waals surface area contributed by atoms with Gasteiger partial charge in [-0.3, -0.25) is 14.7 Å². The summed E-state index contributed by atoms with van der Waals surface area (Å²) in [6.45, 7) is 2.45. The summed E-state index contributed by atoms with van der Waals surface area (Å²) in [5.41, 5.74) is 1.63. The second kappa shape index (κ2) is 4.93. The molecule has 1 N–H and O–H groups in total. The smallest absolute Gasteiger partial charge is 0.234 e. The molecule has 0 saturated carbocycles. The first-order valence-electron chi connectivity index (χ1n) is 6.25. The molecule has 1 aliphatic heterocycles. The summed E-state index contributed by atoms with van der Waals surface area (Å²) >= 11 is 0. The fourth-order valence-corrected chi connectivity index (χ4v) is 2.39. The molecule has 2 aromatic rings. The summed E-state index contributed by atoms with van der Waals surface area (Å²) in [5.74, 6) is -0.228. The lowest BCUT2D eigenvalue weighted by atomic mass is 10.1. The number of hydrogen-bond acceptors (Lipinski definition) is 3. The summed E-state index contributed by atoms with van der Waals surface area (Å²) in [6.07, 6.45) is 1.66. The molecule has 4 nitrogen and oxygen atoms in total. The maximum Gasteiger partial charge on any atom is 0.234 e. The van der Waals surface area contributed by atoms with Crippen LogP contribution in [0.15, 0.2) is 30.5 Å². The van der Waals surface area contributed by atoms with Crippen molar-refractivity contribution in [1.82, 2.24) is 15.2 Å². The highest BCUT2D eigenvalue weighted by molar-refractivity contribution is 5.82. The van der Waals surface area contributed by atoms with E-state index in [1.165, 1.54) is 6.07 Å². The summed E-state index contributed by atoms with van der Waals surface area (Å²) in [4.78, 5) is 17.7. The van der Waals surface area contributed by atoms with Gasteiger partial charge in [0.2, 0.25) is 5.91 Å². The fraction of sp³-hybridized carbons (Fsp3) is 0.286. The van der Waals surface area contributed by atoms with Gasteiger partial charge in [-0.2, -0.15) is 0 Å². The van der Waals surface area contributed by atoms with Crippen molar-refractivity contribution in [2.45, 2.75) is 6.54 Å². The van der Waals surface area contributed by atoms with Gasteiger partial charge >= 0.3 is 0 Å². The molecule has 1 amide bonds. The number of halogens is 1. The number of amides is 1. The van der Waals surface area contributed by atoms with Crippen molar-refractivity contribution in [3.05, 3.63) is 41.8 Å². The van der Waals surface area contributed by atoms with E-state index in [2.05, 4.69) is 10.3 Å². The van der Waals surface area contributed by atoms with E-state index in [1.807, 2.05) is 4.90 Å². The van der Waals surface area contributed by atoms with Gasteiger partial charge in [-0.1, -0.05) is 6.07 Å². The van der Waals surface area contributed by atoms with Crippen molar-refractivity contribution in [2.75, 3.05) is 19.6 Å². The highest BCUT2D eigenvalue weighted by Gasteiger charge is 2.17. The van der Waals surface area contributed by atoms with Crippen LogP contribution in [-0.2, 0) is 11.3 Å². The molecular formula is C14H14FN3O. The summed E-state index contributed by atoms with van der Waals surface area (Å²) < 4.78 is 13.7. The standard InChI is InChI=1S/C14H14FN3O/c15-12-4-3-10(14-11(12)2-1-5-17-14)8-18-7-6-16-13(19)9-18/h1-5H,6-9H2,(H,16,19). The lowest BCUT2D eigenvalue weighted by Gasteiger charge is -2.26. The zero-order valence-corrected chi connectivity index (χ0v) is 10.4. The number of pyridine rings is 1. The van der Waals surface area contributed by atoms with Gasteiger partial charge in [-0.05, 0) is 23.8 Å². The van der Waals surface area contributed by atoms with E-state index in [4.69, 9.17) is 0 Å². The molecular weight excluding hydrogens is 245 g/mol. The molecule has 19 heavy (non-hydrogen) atoms. The van der Waals surface area contributed by atoms with E-state index in [0.29, 0.717) is 30.5 Å². The fourth-order valence-electron chi connectivity index (χ4n) is 2.39. The maximum absolute atomic E-state index is 13.7. The number of nitrogens with zero attached hydrogens (tertiary/aromatic N) is 2. The largest absolute Gasteiger partial charge is 0.354 e. The quantitative estimate of drug-likeness (QED) is 0.884. The van der Waals surface area contributed by atoms with E-state index in [-0.39, 0.29) is 11.7 Å². The first-order valence-corrected chi connectivity index (χ1v) is 6.25. The van der Waals surface area contributed by atoms with Crippen molar-refractivity contribution in [1.29, 1.82) is 0 Å². The number of fused-ring (bicyclic) bond motifs is 1. The normalized spacial score (nSPS) is 16.6. The van der Waals surface area contributed by atoms with Crippen molar-refractivity contribution in [2.24, 2.45) is 0 Å². The minimum Gasteiger partial charge on any atom is -0.354 e. The molecule has 1 saturated heterocycles. The summed E-state index contributed by atoms with van der Waals surface area (Å²) in [6, 6.07) is 6.66. The van der Waals surface area contributed by atoms with Crippen LogP contribution in [0.1, 0.15) is 5.56 Å². The van der Waals surface area contributed by atoms with Gasteiger partial charge in [-0.15, -0.1) is 0 Å². The Bertz CT molecular complexity index is 629. The van der Waals surface area contributed by atoms with Gasteiger partial charge < -0.3 is 5.32 Å². The average Bonchev–Trinajstić information content (AvgIpc) is 2.42. The van der Waals surface area contributed by atoms with E-state index in [9.17, 15) is 9.18 Å². The molecule has 0 bridgehead atoms. The van der Waals surface area contributed by atoms with Crippen LogP contribution in [0.2, 0.25) is 0 Å². The number of rotatable bonds is 2. The van der Waals surface area contributed by atoms with Crippen molar-refractivity contribution < 1.29 is 9.18 Å². The highest BCUT2D eigenvalue weighted by atomic mass is 19.1. The maximum atomic E-state index is 13.7. The predicted octanol–water partition coefficient (Wildman–Crippen LogP) is 1.31. The van der Waals surface area contributed by atoms with E-state index < -0.39 is 0 Å². The number of nitrogens with one attached hydrogen (secondary N) is 1. The van der Waals surface area contributed by atoms with Gasteiger partial charge in [0.1, 0.15) is 5.82 Å². The molecule has 0 atom stereocenters. The Hall–Kier alpha value is -2.01. The van der Waals surface area contributed by atoms with Crippen LogP contribution >= 0.6 is 0 Å². The summed E-state index contributed by atoms with van der Waals surface area (Å²) in [5, 5.41) is 3.32. The first-order chi connectivity index (χ1) is 9.24. The van der Waals surface area contributed by atoms with Gasteiger partial charge in [-0.25, -0.2) is 4.39 Å². The third-order valence-electron chi connectivity index (χ3n) is 3.31. The number of hydrogen-bond donors (Lipinski definition) is 1. The van der Waals surface area contributed by atoms with E-state index >= 15 is 0 Å². The van der Waals surface area contributed by atoms with Gasteiger partial charge in [0.05, 0.1) is 12.1 Å². The van der Waals surface area contributed by atoms with Gasteiger partial charge in [0.25, 0.3) is 0 Å². The van der Waals surface area contributed by atoms with Crippen LogP contribution in [0.3, 0.4) is 0 Å². The molecule has 0 spiro atoms. The van der Waals surface area contributed by atoms with Crippen molar-refractivity contribution >= 4 is 16.8 Å². The first kappa shape index (κ1) is 12.0. The van der Waals surface area contributed by atoms with Gasteiger partial charge in [0.15, 0.2) is 0 Å². The van der Waals surface area contributed by atoms with Crippen LogP contribution in [0.4, 0.5) is 4.39 Å². The SMILES string of the molecule is O=C1CN(Cc2ccc(F)c3cccnc23)CCN1. The second-order valence-corrected chi connectivity index (χ2v) is 4.67. The molecule has 1 fully saturated rings. The Morgan fingerprint density at radius 2 is 2.26 bits per heavy atom. The van der Waals surface area contributed by atoms with Crippen molar-refractivity contribution in [3.8, 4) is 0 Å². The zero-order chi connectivity index (χ0) is 13.2. The lowest BCUT2D eigenvalue weighted by molar-refractivity contribution is -0.124. The molecule has 1 aromatic heterocycles. The van der Waals surface area contributed by atoms with E-state index in [0.717, 1.165) is 12.1 Å². The van der Waals surface area contributed by atoms with Crippen LogP contribution < -0.4 is 5.32 Å². The monoisotopic (exact) mass is 259 g/mol. The zero-order valence-electron chi connectivity index (χ0n) is 10.4. The molecule has 2 heterocycles. The molecule has 3 rings (SSSR count). The number of piperazine rings is 1. The second-order valence-electron chi connectivity index (χ2n) is 4.67. The van der Waals surface area contributed by atoms with Crippen LogP contribution in [0.25, 0.3) is 10.9 Å². The molecule has 0 unspecified atom stereocenters. The third-order valence-corrected chi connectivity index (χ3v) is 3.31. The number of benzene rings is 1. The number of aromatic nitrogens is 1. The number of carbonyl (C=O) groups is 1.